The molecule has 0 aromatic carbocycles. The van der Waals surface area contributed by atoms with Crippen molar-refractivity contribution in [1.29, 1.82) is 0 Å². The number of rotatable bonds is 3. The maximum absolute atomic E-state index is 4.23. The minimum absolute atomic E-state index is 0.557. The molecule has 0 saturated heterocycles. The Kier molecular flexibility index (Phi) is 3.45. The van der Waals surface area contributed by atoms with Crippen LogP contribution in [0.5, 0.6) is 0 Å². The van der Waals surface area contributed by atoms with Crippen molar-refractivity contribution >= 4 is 16.5 Å². The van der Waals surface area contributed by atoms with Gasteiger partial charge in [0.1, 0.15) is 5.69 Å². The van der Waals surface area contributed by atoms with Crippen molar-refractivity contribution in [3.05, 3.63) is 18.6 Å². The highest BCUT2D eigenvalue weighted by molar-refractivity contribution is 7.18. The molecule has 0 bridgehead atoms. The average Bonchev–Trinajstić information content (AvgIpc) is 2.89. The van der Waals surface area contributed by atoms with Crippen LogP contribution < -0.4 is 5.32 Å². The first-order valence-corrected chi connectivity index (χ1v) is 7.10. The van der Waals surface area contributed by atoms with E-state index in [1.807, 2.05) is 0 Å². The fourth-order valence-corrected chi connectivity index (χ4v) is 3.00. The number of nitrogens with zero attached hydrogens (tertiary/aromatic N) is 4. The summed E-state index contributed by atoms with van der Waals surface area (Å²) in [6.45, 7) is 0. The first-order valence-electron chi connectivity index (χ1n) is 6.28. The normalized spacial score (nSPS) is 16.7. The predicted molar refractivity (Wildman–Crippen MR) is 71.4 cm³/mol. The van der Waals surface area contributed by atoms with E-state index >= 15 is 0 Å². The Bertz CT molecular complexity index is 492. The Morgan fingerprint density at radius 3 is 2.78 bits per heavy atom. The number of hydrogen-bond donors (Lipinski definition) is 1. The third-order valence-electron chi connectivity index (χ3n) is 3.14. The third-order valence-corrected chi connectivity index (χ3v) is 4.02. The molecule has 0 spiro atoms. The number of nitrogens with one attached hydrogen (secondary N) is 1. The number of aromatic nitrogens is 4. The first-order chi connectivity index (χ1) is 8.92. The van der Waals surface area contributed by atoms with Crippen LogP contribution in [0.1, 0.15) is 32.1 Å². The largest absolute Gasteiger partial charge is 0.357 e. The smallest absolute Gasteiger partial charge is 0.206 e. The van der Waals surface area contributed by atoms with Gasteiger partial charge >= 0.3 is 0 Å². The zero-order valence-corrected chi connectivity index (χ0v) is 10.9. The molecule has 3 rings (SSSR count). The third kappa shape index (κ3) is 2.64. The van der Waals surface area contributed by atoms with Crippen molar-refractivity contribution in [2.45, 2.75) is 38.1 Å². The van der Waals surface area contributed by atoms with Gasteiger partial charge in [-0.3, -0.25) is 9.97 Å². The first kappa shape index (κ1) is 11.5. The van der Waals surface area contributed by atoms with Crippen LogP contribution in [0, 0.1) is 0 Å². The van der Waals surface area contributed by atoms with E-state index in [1.165, 1.54) is 32.1 Å². The molecular formula is C12H15N5S. The van der Waals surface area contributed by atoms with E-state index in [4.69, 9.17) is 0 Å². The van der Waals surface area contributed by atoms with E-state index in [2.05, 4.69) is 25.5 Å². The van der Waals surface area contributed by atoms with Crippen molar-refractivity contribution in [1.82, 2.24) is 20.2 Å². The minimum Gasteiger partial charge on any atom is -0.357 e. The van der Waals surface area contributed by atoms with Gasteiger partial charge in [-0.25, -0.2) is 0 Å². The Morgan fingerprint density at radius 2 is 2.00 bits per heavy atom. The molecule has 94 valence electrons. The molecule has 2 heterocycles. The molecule has 0 radical (unpaired) electrons. The molecule has 0 atom stereocenters. The molecule has 1 aliphatic rings. The van der Waals surface area contributed by atoms with Gasteiger partial charge in [0.05, 0.1) is 6.20 Å². The van der Waals surface area contributed by atoms with E-state index in [1.54, 1.807) is 29.9 Å². The summed E-state index contributed by atoms with van der Waals surface area (Å²) >= 11 is 1.54. The van der Waals surface area contributed by atoms with Crippen molar-refractivity contribution < 1.29 is 0 Å². The maximum atomic E-state index is 4.23. The van der Waals surface area contributed by atoms with Gasteiger partial charge in [-0.05, 0) is 12.8 Å². The van der Waals surface area contributed by atoms with Gasteiger partial charge in [-0.1, -0.05) is 30.6 Å². The van der Waals surface area contributed by atoms with Crippen LogP contribution >= 0.6 is 11.3 Å². The Morgan fingerprint density at radius 1 is 1.11 bits per heavy atom. The second-order valence-electron chi connectivity index (χ2n) is 4.48. The summed E-state index contributed by atoms with van der Waals surface area (Å²) < 4.78 is 0. The lowest BCUT2D eigenvalue weighted by atomic mass is 9.96. The lowest BCUT2D eigenvalue weighted by molar-refractivity contribution is 0.462. The van der Waals surface area contributed by atoms with Crippen LogP contribution in [0.15, 0.2) is 18.6 Å². The van der Waals surface area contributed by atoms with Gasteiger partial charge in [0.2, 0.25) is 5.13 Å². The predicted octanol–water partition coefficient (Wildman–Crippen LogP) is 2.74. The van der Waals surface area contributed by atoms with E-state index in [0.717, 1.165) is 15.8 Å². The maximum Gasteiger partial charge on any atom is 0.206 e. The molecule has 1 saturated carbocycles. The summed E-state index contributed by atoms with van der Waals surface area (Å²) in [7, 11) is 0. The van der Waals surface area contributed by atoms with E-state index < -0.39 is 0 Å². The van der Waals surface area contributed by atoms with Gasteiger partial charge in [0.25, 0.3) is 0 Å². The fraction of sp³-hybridized carbons (Fsp3) is 0.500. The second-order valence-corrected chi connectivity index (χ2v) is 5.46. The molecule has 0 amide bonds. The lowest BCUT2D eigenvalue weighted by Gasteiger charge is -2.21. The molecule has 18 heavy (non-hydrogen) atoms. The molecule has 1 N–H and O–H groups in total. The van der Waals surface area contributed by atoms with Crippen LogP contribution in [-0.2, 0) is 0 Å². The quantitative estimate of drug-likeness (QED) is 0.920. The van der Waals surface area contributed by atoms with E-state index in [9.17, 15) is 0 Å². The summed E-state index contributed by atoms with van der Waals surface area (Å²) in [5.41, 5.74) is 0.784. The highest BCUT2D eigenvalue weighted by atomic mass is 32.1. The monoisotopic (exact) mass is 261 g/mol. The highest BCUT2D eigenvalue weighted by Crippen LogP contribution is 2.27. The molecule has 5 nitrogen and oxygen atoms in total. The average molecular weight is 261 g/mol. The van der Waals surface area contributed by atoms with Crippen molar-refractivity contribution in [2.75, 3.05) is 5.32 Å². The summed E-state index contributed by atoms with van der Waals surface area (Å²) in [6.07, 6.45) is 11.5. The summed E-state index contributed by atoms with van der Waals surface area (Å²) in [5.74, 6) is 0. The van der Waals surface area contributed by atoms with E-state index in [-0.39, 0.29) is 0 Å². The molecule has 2 aromatic rings. The van der Waals surface area contributed by atoms with Gasteiger partial charge in [-0.15, -0.1) is 10.2 Å². The molecule has 1 aliphatic carbocycles. The highest BCUT2D eigenvalue weighted by Gasteiger charge is 2.15. The molecule has 6 heteroatoms. The Hall–Kier alpha value is -1.56. The van der Waals surface area contributed by atoms with Crippen molar-refractivity contribution in [3.8, 4) is 10.7 Å². The van der Waals surface area contributed by atoms with Gasteiger partial charge in [0.15, 0.2) is 5.01 Å². The fourth-order valence-electron chi connectivity index (χ4n) is 2.22. The van der Waals surface area contributed by atoms with Gasteiger partial charge in [-0.2, -0.15) is 0 Å². The number of hydrogen-bond acceptors (Lipinski definition) is 6. The molecule has 0 unspecified atom stereocenters. The molecular weight excluding hydrogens is 246 g/mol. The van der Waals surface area contributed by atoms with Crippen LogP contribution in [0.4, 0.5) is 5.13 Å². The van der Waals surface area contributed by atoms with Crippen LogP contribution in [0.2, 0.25) is 0 Å². The Labute approximate surface area is 110 Å². The molecule has 1 fully saturated rings. The minimum atomic E-state index is 0.557. The van der Waals surface area contributed by atoms with Gasteiger partial charge < -0.3 is 5.32 Å². The van der Waals surface area contributed by atoms with Crippen LogP contribution in [0.3, 0.4) is 0 Å². The van der Waals surface area contributed by atoms with E-state index in [0.29, 0.717) is 6.04 Å². The SMILES string of the molecule is c1cnc(-c2nnc(NC3CCCCC3)s2)cn1. The summed E-state index contributed by atoms with van der Waals surface area (Å²) in [5, 5.41) is 13.5. The zero-order chi connectivity index (χ0) is 12.2. The molecule has 0 aliphatic heterocycles. The Balaban J connectivity index is 1.69. The topological polar surface area (TPSA) is 63.6 Å². The van der Waals surface area contributed by atoms with Crippen molar-refractivity contribution in [3.63, 3.8) is 0 Å². The standard InChI is InChI=1S/C12H15N5S/c1-2-4-9(5-3-1)15-12-17-16-11(18-12)10-8-13-6-7-14-10/h6-9H,1-5H2,(H,15,17). The van der Waals surface area contributed by atoms with Gasteiger partial charge in [0, 0.05) is 18.4 Å². The summed E-state index contributed by atoms with van der Waals surface area (Å²) in [4.78, 5) is 8.27. The van der Waals surface area contributed by atoms with Crippen molar-refractivity contribution in [2.24, 2.45) is 0 Å². The second kappa shape index (κ2) is 5.39. The lowest BCUT2D eigenvalue weighted by Crippen LogP contribution is -2.21. The molecule has 2 aromatic heterocycles. The number of anilines is 1. The zero-order valence-electron chi connectivity index (χ0n) is 10.0. The summed E-state index contributed by atoms with van der Waals surface area (Å²) in [6, 6.07) is 0.557. The van der Waals surface area contributed by atoms with Crippen LogP contribution in [-0.4, -0.2) is 26.2 Å². The van der Waals surface area contributed by atoms with Crippen LogP contribution in [0.25, 0.3) is 10.7 Å².